The van der Waals surface area contributed by atoms with Crippen LogP contribution < -0.4 is 10.6 Å². The summed E-state index contributed by atoms with van der Waals surface area (Å²) < 4.78 is 38.1. The highest BCUT2D eigenvalue weighted by molar-refractivity contribution is 6.01. The van der Waals surface area contributed by atoms with Crippen LogP contribution in [-0.4, -0.2) is 29.1 Å². The van der Waals surface area contributed by atoms with E-state index in [1.807, 2.05) is 17.4 Å². The summed E-state index contributed by atoms with van der Waals surface area (Å²) in [5, 5.41) is 14.2. The normalized spacial score (nSPS) is 26.0. The maximum Gasteiger partial charge on any atom is 0.408 e. The van der Waals surface area contributed by atoms with E-state index in [-0.39, 0.29) is 25.5 Å². The van der Waals surface area contributed by atoms with E-state index >= 15 is 0 Å². The number of nitrogens with one attached hydrogen (secondary N) is 2. The van der Waals surface area contributed by atoms with Crippen LogP contribution in [0.25, 0.3) is 0 Å². The van der Waals surface area contributed by atoms with Gasteiger partial charge in [-0.05, 0) is 48.8 Å². The van der Waals surface area contributed by atoms with Crippen LogP contribution in [0.5, 0.6) is 0 Å². The number of aliphatic hydroxyl groups excluding tert-OH is 1. The lowest BCUT2D eigenvalue weighted by Gasteiger charge is -2.32. The number of carbonyl (C=O) groups excluding carboxylic acids is 2. The van der Waals surface area contributed by atoms with E-state index in [1.54, 1.807) is 6.07 Å². The minimum absolute atomic E-state index is 0.0896. The van der Waals surface area contributed by atoms with Crippen LogP contribution >= 0.6 is 0 Å². The van der Waals surface area contributed by atoms with Gasteiger partial charge in [-0.1, -0.05) is 18.2 Å². The van der Waals surface area contributed by atoms with Crippen molar-refractivity contribution in [1.82, 2.24) is 10.6 Å². The third-order valence-corrected chi connectivity index (χ3v) is 5.18. The van der Waals surface area contributed by atoms with Crippen molar-refractivity contribution in [1.29, 1.82) is 0 Å². The second kappa shape index (κ2) is 7.26. The molecule has 1 heterocycles. The number of aliphatic hydroxyl groups is 1. The Morgan fingerprint density at radius 2 is 2.04 bits per heavy atom. The Kier molecular flexibility index (Phi) is 5.22. The predicted octanol–water partition coefficient (Wildman–Crippen LogP) is 2.13. The first-order valence-corrected chi connectivity index (χ1v) is 8.70. The molecule has 0 radical (unpaired) electrons. The number of benzene rings is 1. The molecule has 1 saturated heterocycles. The molecule has 8 heteroatoms. The first kappa shape index (κ1) is 18.7. The summed E-state index contributed by atoms with van der Waals surface area (Å²) in [5.41, 5.74) is 2.71. The summed E-state index contributed by atoms with van der Waals surface area (Å²) in [7, 11) is 0. The first-order valence-electron chi connectivity index (χ1n) is 8.70. The molecule has 142 valence electrons. The monoisotopic (exact) mass is 370 g/mol. The number of hydrogen-bond acceptors (Lipinski definition) is 3. The zero-order chi connectivity index (χ0) is 18.9. The smallest absolute Gasteiger partial charge is 0.392 e. The summed E-state index contributed by atoms with van der Waals surface area (Å²) in [6.07, 6.45) is -2.62. The number of rotatable bonds is 3. The Hall–Kier alpha value is -2.09. The topological polar surface area (TPSA) is 78.4 Å². The lowest BCUT2D eigenvalue weighted by molar-refractivity contribution is -0.171. The second-order valence-corrected chi connectivity index (χ2v) is 6.83. The van der Waals surface area contributed by atoms with Crippen LogP contribution in [0.1, 0.15) is 48.4 Å². The van der Waals surface area contributed by atoms with Gasteiger partial charge in [0.1, 0.15) is 12.0 Å². The van der Waals surface area contributed by atoms with Gasteiger partial charge >= 0.3 is 6.18 Å². The zero-order valence-corrected chi connectivity index (χ0v) is 14.1. The van der Waals surface area contributed by atoms with Gasteiger partial charge in [-0.2, -0.15) is 13.2 Å². The number of fused-ring (bicyclic) bond motifs is 1. The Balaban J connectivity index is 1.70. The van der Waals surface area contributed by atoms with Crippen molar-refractivity contribution >= 4 is 11.8 Å². The molecule has 0 saturated carbocycles. The third-order valence-electron chi connectivity index (χ3n) is 5.18. The van der Waals surface area contributed by atoms with Crippen LogP contribution in [-0.2, 0) is 22.6 Å². The number of amides is 2. The van der Waals surface area contributed by atoms with Crippen LogP contribution in [0, 0.1) is 5.92 Å². The molecule has 3 unspecified atom stereocenters. The molecule has 1 aliphatic carbocycles. The van der Waals surface area contributed by atoms with E-state index < -0.39 is 30.0 Å². The number of hydrogen-bond donors (Lipinski definition) is 3. The minimum Gasteiger partial charge on any atom is -0.392 e. The highest BCUT2D eigenvalue weighted by atomic mass is 19.4. The largest absolute Gasteiger partial charge is 0.408 e. The van der Waals surface area contributed by atoms with E-state index in [1.165, 1.54) is 0 Å². The maximum absolute atomic E-state index is 12.7. The average molecular weight is 370 g/mol. The van der Waals surface area contributed by atoms with E-state index in [9.17, 15) is 27.9 Å². The number of carbonyl (C=O) groups is 2. The van der Waals surface area contributed by atoms with Crippen molar-refractivity contribution in [2.45, 2.75) is 57.0 Å². The molecule has 26 heavy (non-hydrogen) atoms. The third kappa shape index (κ3) is 3.70. The Morgan fingerprint density at radius 1 is 1.27 bits per heavy atom. The molecular formula is C18H21F3N2O3. The summed E-state index contributed by atoms with van der Waals surface area (Å²) in [6.45, 7) is -0.0896. The molecule has 3 atom stereocenters. The quantitative estimate of drug-likeness (QED) is 0.714. The predicted molar refractivity (Wildman–Crippen MR) is 86.9 cm³/mol. The van der Waals surface area contributed by atoms with Crippen molar-refractivity contribution < 1.29 is 27.9 Å². The minimum atomic E-state index is -4.50. The standard InChI is InChI=1S/C18H21F3N2O3/c19-18(20,21)15-8-7-13(17(26)23-15)16(25)22-14-6-2-4-11-10(9-24)3-1-5-12(11)14/h1,3,5,13-15,24H,2,4,6-9H2,(H,22,25)(H,23,26). The summed E-state index contributed by atoms with van der Waals surface area (Å²) in [4.78, 5) is 24.5. The maximum atomic E-state index is 12.7. The second-order valence-electron chi connectivity index (χ2n) is 6.83. The molecule has 0 aromatic heterocycles. The molecule has 1 aliphatic heterocycles. The van der Waals surface area contributed by atoms with Crippen molar-refractivity contribution in [3.8, 4) is 0 Å². The molecule has 0 bridgehead atoms. The van der Waals surface area contributed by atoms with Crippen molar-refractivity contribution in [2.75, 3.05) is 0 Å². The summed E-state index contributed by atoms with van der Waals surface area (Å²) in [6, 6.07) is 3.32. The van der Waals surface area contributed by atoms with Gasteiger partial charge in [-0.15, -0.1) is 0 Å². The fourth-order valence-electron chi connectivity index (χ4n) is 3.80. The van der Waals surface area contributed by atoms with Crippen molar-refractivity contribution in [3.63, 3.8) is 0 Å². The molecule has 3 rings (SSSR count). The Bertz CT molecular complexity index is 705. The van der Waals surface area contributed by atoms with Crippen LogP contribution in [0.2, 0.25) is 0 Å². The Labute approximate surface area is 149 Å². The molecule has 5 nitrogen and oxygen atoms in total. The number of halogens is 3. The first-order chi connectivity index (χ1) is 12.3. The van der Waals surface area contributed by atoms with Gasteiger partial charge in [0, 0.05) is 0 Å². The van der Waals surface area contributed by atoms with Gasteiger partial charge in [0.05, 0.1) is 12.6 Å². The highest BCUT2D eigenvalue weighted by Crippen LogP contribution is 2.33. The summed E-state index contributed by atoms with van der Waals surface area (Å²) >= 11 is 0. The van der Waals surface area contributed by atoms with Gasteiger partial charge in [-0.25, -0.2) is 0 Å². The van der Waals surface area contributed by atoms with Gasteiger partial charge < -0.3 is 15.7 Å². The van der Waals surface area contributed by atoms with Crippen LogP contribution in [0.15, 0.2) is 18.2 Å². The number of piperidine rings is 1. The van der Waals surface area contributed by atoms with E-state index in [4.69, 9.17) is 0 Å². The highest BCUT2D eigenvalue weighted by Gasteiger charge is 2.46. The van der Waals surface area contributed by atoms with Gasteiger partial charge in [0.15, 0.2) is 0 Å². The molecule has 2 aliphatic rings. The molecule has 3 N–H and O–H groups in total. The SMILES string of the molecule is O=C(NC1CCCc2c(CO)cccc21)C1CCC(C(F)(F)F)NC1=O. The van der Waals surface area contributed by atoms with E-state index in [0.717, 1.165) is 29.5 Å². The van der Waals surface area contributed by atoms with Crippen molar-refractivity contribution in [2.24, 2.45) is 5.92 Å². The fourth-order valence-corrected chi connectivity index (χ4v) is 3.80. The van der Waals surface area contributed by atoms with E-state index in [0.29, 0.717) is 6.42 Å². The number of alkyl halides is 3. The lowest BCUT2D eigenvalue weighted by atomic mass is 9.84. The van der Waals surface area contributed by atoms with Gasteiger partial charge in [0.25, 0.3) is 0 Å². The van der Waals surface area contributed by atoms with Crippen LogP contribution in [0.3, 0.4) is 0 Å². The molecule has 2 amide bonds. The van der Waals surface area contributed by atoms with E-state index in [2.05, 4.69) is 5.32 Å². The molecule has 1 aromatic rings. The lowest BCUT2D eigenvalue weighted by Crippen LogP contribution is -2.54. The van der Waals surface area contributed by atoms with Crippen LogP contribution in [0.4, 0.5) is 13.2 Å². The van der Waals surface area contributed by atoms with Gasteiger partial charge in [0.2, 0.25) is 11.8 Å². The Morgan fingerprint density at radius 3 is 2.69 bits per heavy atom. The summed E-state index contributed by atoms with van der Waals surface area (Å²) in [5.74, 6) is -2.54. The molecule has 1 aromatic carbocycles. The average Bonchev–Trinajstić information content (AvgIpc) is 2.60. The molecular weight excluding hydrogens is 349 g/mol. The fraction of sp³-hybridized carbons (Fsp3) is 0.556. The van der Waals surface area contributed by atoms with Gasteiger partial charge in [-0.3, -0.25) is 9.59 Å². The molecule has 1 fully saturated rings. The zero-order valence-electron chi connectivity index (χ0n) is 14.1. The van der Waals surface area contributed by atoms with Crippen molar-refractivity contribution in [3.05, 3.63) is 34.9 Å². The molecule has 0 spiro atoms.